The maximum Gasteiger partial charge on any atom is 3.00 e. The van der Waals surface area contributed by atoms with Crippen molar-refractivity contribution in [3.63, 3.8) is 0 Å². The van der Waals surface area contributed by atoms with Gasteiger partial charge in [0.1, 0.15) is 0 Å². The van der Waals surface area contributed by atoms with Crippen molar-refractivity contribution in [3.8, 4) is 0 Å². The predicted molar refractivity (Wildman–Crippen MR) is 75.9 cm³/mol. The minimum atomic E-state index is -6.00. The Morgan fingerprint density at radius 3 is 0.750 bits per heavy atom. The second-order valence-electron chi connectivity index (χ2n) is 4.17. The van der Waals surface area contributed by atoms with Crippen LogP contribution in [-0.2, 0) is 19.5 Å². The summed E-state index contributed by atoms with van der Waals surface area (Å²) < 4.78 is 39.0. The largest absolute Gasteiger partial charge is 3.00 e. The Morgan fingerprint density at radius 1 is 0.650 bits per heavy atom. The van der Waals surface area contributed by atoms with E-state index in [1.807, 2.05) is 40.5 Å². The van der Waals surface area contributed by atoms with E-state index in [0.29, 0.717) is 0 Å². The number of halogens is 4. The topological polar surface area (TPSA) is 0 Å². The van der Waals surface area contributed by atoms with Crippen molar-refractivity contribution >= 4 is 7.25 Å². The fraction of sp³-hybridized carbons (Fsp3) is 0.286. The van der Waals surface area contributed by atoms with Crippen molar-refractivity contribution in [1.29, 1.82) is 0 Å². The maximum absolute atomic E-state index is 9.75. The molecule has 115 valence electrons. The molecule has 0 rings (SSSR count). The molecule has 0 aliphatic carbocycles. The molecular formula is C14H22BF4Ru+2. The molecular weight excluding hydrogens is 356 g/mol. The van der Waals surface area contributed by atoms with Crippen LogP contribution in [0, 0.1) is 64.2 Å². The first-order valence-electron chi connectivity index (χ1n) is 5.44. The molecule has 0 aromatic rings. The first-order valence-corrected chi connectivity index (χ1v) is 5.44. The van der Waals surface area contributed by atoms with Crippen molar-refractivity contribution < 1.29 is 36.7 Å². The fourth-order valence-corrected chi connectivity index (χ4v) is 0.841. The average molecular weight is 378 g/mol. The summed E-state index contributed by atoms with van der Waals surface area (Å²) in [6.45, 7) is 22.5. The summed E-state index contributed by atoms with van der Waals surface area (Å²) in [4.78, 5) is 0. The van der Waals surface area contributed by atoms with Gasteiger partial charge in [-0.15, -0.1) is 0 Å². The van der Waals surface area contributed by atoms with Gasteiger partial charge in [0.25, 0.3) is 0 Å². The second-order valence-corrected chi connectivity index (χ2v) is 4.17. The van der Waals surface area contributed by atoms with Crippen LogP contribution in [-0.4, -0.2) is 7.25 Å². The van der Waals surface area contributed by atoms with E-state index in [2.05, 4.69) is 27.7 Å². The molecule has 11 radical (unpaired) electrons. The Balaban J connectivity index is -0.0000000952. The standard InChI is InChI=1S/2C7H11.BF4.Ru/c2*1-6(2)5-7(3)4;2-1(3,4)5;/h2*5H,1,3H2,2,4H3;;/q;;-1;+3. The van der Waals surface area contributed by atoms with Crippen LogP contribution in [0.4, 0.5) is 17.3 Å². The number of hydrogen-bond acceptors (Lipinski definition) is 0. The van der Waals surface area contributed by atoms with Crippen molar-refractivity contribution in [2.75, 3.05) is 0 Å². The Kier molecular flexibility index (Phi) is 22.5. The zero-order chi connectivity index (χ0) is 16.2. The molecule has 0 aliphatic rings. The van der Waals surface area contributed by atoms with Crippen molar-refractivity contribution in [2.24, 2.45) is 0 Å². The molecule has 0 saturated carbocycles. The summed E-state index contributed by atoms with van der Waals surface area (Å²) in [5.74, 6) is 4.25. The van der Waals surface area contributed by atoms with E-state index in [4.69, 9.17) is 0 Å². The Bertz CT molecular complexity index is 149. The van der Waals surface area contributed by atoms with Crippen LogP contribution in [0.1, 0.15) is 27.7 Å². The molecule has 0 bridgehead atoms. The molecule has 0 saturated heterocycles. The predicted octanol–water partition coefficient (Wildman–Crippen LogP) is 5.39. The van der Waals surface area contributed by atoms with Gasteiger partial charge in [-0.05, 0) is 64.2 Å². The van der Waals surface area contributed by atoms with Crippen LogP contribution in [0.2, 0.25) is 0 Å². The summed E-state index contributed by atoms with van der Waals surface area (Å²) in [5, 5.41) is 0. The molecule has 20 heavy (non-hydrogen) atoms. The second kappa shape index (κ2) is 15.8. The fourth-order valence-electron chi connectivity index (χ4n) is 0.841. The molecule has 0 atom stereocenters. The molecule has 0 heterocycles. The molecule has 0 aliphatic heterocycles. The van der Waals surface area contributed by atoms with E-state index in [9.17, 15) is 17.3 Å². The molecule has 0 amide bonds. The van der Waals surface area contributed by atoms with E-state index in [1.165, 1.54) is 0 Å². The maximum atomic E-state index is 9.75. The van der Waals surface area contributed by atoms with E-state index in [1.54, 1.807) is 0 Å². The molecule has 6 heteroatoms. The van der Waals surface area contributed by atoms with Gasteiger partial charge in [0.15, 0.2) is 0 Å². The first kappa shape index (κ1) is 28.6. The SMILES string of the molecule is F[B-](F)(F)F.[CH2][C](C)[CH][C]([CH2])C.[CH2][C](C)[CH][C]([CH2])C.[Ru+3]. The first-order chi connectivity index (χ1) is 8.25. The average Bonchev–Trinajstić information content (AvgIpc) is 1.93. The van der Waals surface area contributed by atoms with Gasteiger partial charge in [-0.2, -0.15) is 0 Å². The van der Waals surface area contributed by atoms with Gasteiger partial charge in [0.05, 0.1) is 0 Å². The minimum absolute atomic E-state index is 0. The van der Waals surface area contributed by atoms with E-state index >= 15 is 0 Å². The molecule has 0 nitrogen and oxygen atoms in total. The van der Waals surface area contributed by atoms with Crippen molar-refractivity contribution in [1.82, 2.24) is 0 Å². The van der Waals surface area contributed by atoms with E-state index in [-0.39, 0.29) is 19.5 Å². The monoisotopic (exact) mass is 379 g/mol. The van der Waals surface area contributed by atoms with Crippen LogP contribution in [0.5, 0.6) is 0 Å². The van der Waals surface area contributed by atoms with Gasteiger partial charge in [-0.25, -0.2) is 0 Å². The van der Waals surface area contributed by atoms with Gasteiger partial charge < -0.3 is 17.3 Å². The summed E-state index contributed by atoms with van der Waals surface area (Å²) in [5.41, 5.74) is 0. The van der Waals surface area contributed by atoms with Gasteiger partial charge >= 0.3 is 26.7 Å². The smallest absolute Gasteiger partial charge is 0.418 e. The Labute approximate surface area is 136 Å². The van der Waals surface area contributed by atoms with Crippen LogP contribution in [0.25, 0.3) is 0 Å². The van der Waals surface area contributed by atoms with E-state index < -0.39 is 7.25 Å². The molecule has 0 aromatic heterocycles. The molecule has 0 N–H and O–H groups in total. The summed E-state index contributed by atoms with van der Waals surface area (Å²) in [7, 11) is -6.00. The molecule has 0 unspecified atom stereocenters. The summed E-state index contributed by atoms with van der Waals surface area (Å²) >= 11 is 0. The summed E-state index contributed by atoms with van der Waals surface area (Å²) in [6, 6.07) is 0. The zero-order valence-electron chi connectivity index (χ0n) is 12.4. The normalized spacial score (nSPS) is 10.8. The zero-order valence-corrected chi connectivity index (χ0v) is 14.2. The van der Waals surface area contributed by atoms with Crippen molar-refractivity contribution in [2.45, 2.75) is 27.7 Å². The third kappa shape index (κ3) is 78.9. The quantitative estimate of drug-likeness (QED) is 0.454. The molecule has 0 fully saturated rings. The Morgan fingerprint density at radius 2 is 0.750 bits per heavy atom. The van der Waals surface area contributed by atoms with Crippen LogP contribution in [0.3, 0.4) is 0 Å². The van der Waals surface area contributed by atoms with Gasteiger partial charge in [0, 0.05) is 0 Å². The molecule has 0 aromatic carbocycles. The van der Waals surface area contributed by atoms with Gasteiger partial charge in [-0.1, -0.05) is 27.7 Å². The summed E-state index contributed by atoms with van der Waals surface area (Å²) in [6.07, 6.45) is 3.89. The van der Waals surface area contributed by atoms with Crippen LogP contribution >= 0.6 is 0 Å². The minimum Gasteiger partial charge on any atom is -0.418 e. The van der Waals surface area contributed by atoms with Crippen LogP contribution in [0.15, 0.2) is 0 Å². The van der Waals surface area contributed by atoms with Gasteiger partial charge in [0.2, 0.25) is 0 Å². The van der Waals surface area contributed by atoms with E-state index in [0.717, 1.165) is 23.7 Å². The third-order valence-corrected chi connectivity index (χ3v) is 0.986. The van der Waals surface area contributed by atoms with Crippen molar-refractivity contribution in [3.05, 3.63) is 64.2 Å². The number of hydrogen-bond donors (Lipinski definition) is 0. The van der Waals surface area contributed by atoms with Crippen LogP contribution < -0.4 is 0 Å². The Hall–Kier alpha value is 0.408. The van der Waals surface area contributed by atoms with Gasteiger partial charge in [-0.3, -0.25) is 0 Å². The molecule has 0 spiro atoms. The third-order valence-electron chi connectivity index (χ3n) is 0.986. The number of rotatable bonds is 4.